The Kier molecular flexibility index (Phi) is 3.49. The second kappa shape index (κ2) is 5.53. The minimum absolute atomic E-state index is 0.215. The van der Waals surface area contributed by atoms with Gasteiger partial charge in [-0.3, -0.25) is 9.69 Å². The number of nitrogens with one attached hydrogen (secondary N) is 1. The van der Waals surface area contributed by atoms with E-state index in [1.807, 2.05) is 12.1 Å². The first kappa shape index (κ1) is 14.5. The number of likely N-dealkylation sites (tertiary alicyclic amines) is 1. The quantitative estimate of drug-likeness (QED) is 0.897. The fourth-order valence-electron chi connectivity index (χ4n) is 4.17. The average molecular weight is 310 g/mol. The van der Waals surface area contributed by atoms with Crippen LogP contribution >= 0.6 is 0 Å². The summed E-state index contributed by atoms with van der Waals surface area (Å²) in [4.78, 5) is 14.9. The molecule has 2 aromatic carbocycles. The topological polar surface area (TPSA) is 52.6 Å². The van der Waals surface area contributed by atoms with Gasteiger partial charge in [-0.05, 0) is 66.8 Å². The zero-order valence-corrected chi connectivity index (χ0v) is 13.2. The number of hydrogen-bond donors (Lipinski definition) is 2. The number of phenols is 1. The molecule has 0 radical (unpaired) electrons. The van der Waals surface area contributed by atoms with E-state index in [1.165, 1.54) is 5.56 Å². The number of carbonyl (C=O) groups is 1. The van der Waals surface area contributed by atoms with Crippen molar-refractivity contribution in [1.29, 1.82) is 0 Å². The second-order valence-electron chi connectivity index (χ2n) is 6.78. The third-order valence-electron chi connectivity index (χ3n) is 5.36. The fourth-order valence-corrected chi connectivity index (χ4v) is 4.17. The number of benzene rings is 2. The smallest absolute Gasteiger partial charge is 0.240 e. The molecule has 23 heavy (non-hydrogen) atoms. The molecule has 120 valence electrons. The highest BCUT2D eigenvalue weighted by molar-refractivity contribution is 5.87. The van der Waals surface area contributed by atoms with Crippen molar-refractivity contribution in [2.45, 2.75) is 37.8 Å². The second-order valence-corrected chi connectivity index (χ2v) is 6.78. The Balaban J connectivity index is 1.62. The van der Waals surface area contributed by atoms with Crippen LogP contribution in [0.5, 0.6) is 5.75 Å². The number of phenolic OH excluding ortho intramolecular Hbond substituents is 1. The van der Waals surface area contributed by atoms with Crippen molar-refractivity contribution < 1.29 is 9.90 Å². The number of carbonyl (C=O) groups excluding carboxylic acids is 1. The number of piperidine rings is 1. The lowest BCUT2D eigenvalue weighted by Crippen LogP contribution is -2.58. The summed E-state index contributed by atoms with van der Waals surface area (Å²) in [7, 11) is 0. The molecule has 1 spiro atoms. The van der Waals surface area contributed by atoms with Crippen molar-refractivity contribution in [3.63, 3.8) is 0 Å². The summed E-state index contributed by atoms with van der Waals surface area (Å²) in [6, 6.07) is 11.8. The number of fused-ring (bicyclic) bond motifs is 1. The van der Waals surface area contributed by atoms with Crippen LogP contribution in [0.3, 0.4) is 0 Å². The van der Waals surface area contributed by atoms with Crippen LogP contribution in [0.25, 0.3) is 10.8 Å². The lowest BCUT2D eigenvalue weighted by atomic mass is 9.86. The third-order valence-corrected chi connectivity index (χ3v) is 5.36. The minimum Gasteiger partial charge on any atom is -0.508 e. The number of aromatic hydroxyl groups is 1. The SMILES string of the molecule is O=C1NCCCC12CCCN2Cc1ccc2cc(O)ccc2c1. The Hall–Kier alpha value is -2.07. The molecule has 2 heterocycles. The molecule has 1 unspecified atom stereocenters. The lowest BCUT2D eigenvalue weighted by Gasteiger charge is -2.40. The predicted molar refractivity (Wildman–Crippen MR) is 90.2 cm³/mol. The molecular weight excluding hydrogens is 288 g/mol. The molecule has 1 amide bonds. The molecule has 2 N–H and O–H groups in total. The Morgan fingerprint density at radius 2 is 1.87 bits per heavy atom. The van der Waals surface area contributed by atoms with Crippen LogP contribution in [0.2, 0.25) is 0 Å². The first-order valence-corrected chi connectivity index (χ1v) is 8.42. The van der Waals surface area contributed by atoms with Gasteiger partial charge in [0.1, 0.15) is 11.3 Å². The van der Waals surface area contributed by atoms with E-state index in [2.05, 4.69) is 22.3 Å². The van der Waals surface area contributed by atoms with Crippen LogP contribution in [0, 0.1) is 0 Å². The molecular formula is C19H22N2O2. The van der Waals surface area contributed by atoms with Crippen LogP contribution in [0.4, 0.5) is 0 Å². The monoisotopic (exact) mass is 310 g/mol. The molecule has 2 fully saturated rings. The summed E-state index contributed by atoms with van der Waals surface area (Å²) in [5, 5.41) is 14.8. The lowest BCUT2D eigenvalue weighted by molar-refractivity contribution is -0.134. The van der Waals surface area contributed by atoms with Gasteiger partial charge in [0.15, 0.2) is 0 Å². The van der Waals surface area contributed by atoms with Gasteiger partial charge in [-0.25, -0.2) is 0 Å². The van der Waals surface area contributed by atoms with E-state index in [0.29, 0.717) is 5.75 Å². The van der Waals surface area contributed by atoms with E-state index in [-0.39, 0.29) is 11.4 Å². The molecule has 2 aliphatic heterocycles. The van der Waals surface area contributed by atoms with Crippen molar-refractivity contribution in [3.8, 4) is 5.75 Å². The van der Waals surface area contributed by atoms with Gasteiger partial charge >= 0.3 is 0 Å². The Labute approximate surface area is 136 Å². The van der Waals surface area contributed by atoms with E-state index < -0.39 is 0 Å². The van der Waals surface area contributed by atoms with Crippen molar-refractivity contribution in [1.82, 2.24) is 10.2 Å². The van der Waals surface area contributed by atoms with Crippen molar-refractivity contribution >= 4 is 16.7 Å². The van der Waals surface area contributed by atoms with E-state index in [9.17, 15) is 9.90 Å². The maximum atomic E-state index is 12.5. The van der Waals surface area contributed by atoms with Gasteiger partial charge in [-0.1, -0.05) is 18.2 Å². The predicted octanol–water partition coefficient (Wildman–Crippen LogP) is 2.79. The Morgan fingerprint density at radius 3 is 2.74 bits per heavy atom. The molecule has 2 aromatic rings. The van der Waals surface area contributed by atoms with Gasteiger partial charge in [0, 0.05) is 13.1 Å². The third kappa shape index (κ3) is 2.47. The van der Waals surface area contributed by atoms with Crippen LogP contribution in [0.1, 0.15) is 31.2 Å². The zero-order chi connectivity index (χ0) is 15.9. The summed E-state index contributed by atoms with van der Waals surface area (Å²) < 4.78 is 0. The van der Waals surface area contributed by atoms with E-state index in [1.54, 1.807) is 12.1 Å². The number of amides is 1. The highest BCUT2D eigenvalue weighted by Crippen LogP contribution is 2.37. The maximum Gasteiger partial charge on any atom is 0.240 e. The van der Waals surface area contributed by atoms with Crippen molar-refractivity contribution in [3.05, 3.63) is 42.0 Å². The van der Waals surface area contributed by atoms with Gasteiger partial charge in [-0.15, -0.1) is 0 Å². The van der Waals surface area contributed by atoms with Gasteiger partial charge < -0.3 is 10.4 Å². The van der Waals surface area contributed by atoms with Gasteiger partial charge in [-0.2, -0.15) is 0 Å². The normalized spacial score (nSPS) is 25.1. The molecule has 0 saturated carbocycles. The molecule has 0 bridgehead atoms. The van der Waals surface area contributed by atoms with E-state index in [4.69, 9.17) is 0 Å². The summed E-state index contributed by atoms with van der Waals surface area (Å²) in [5.74, 6) is 0.509. The summed E-state index contributed by atoms with van der Waals surface area (Å²) in [6.07, 6.45) is 4.11. The molecule has 0 aliphatic carbocycles. The standard InChI is InChI=1S/C19H22N2O2/c22-17-6-5-15-11-14(3-4-16(15)12-17)13-21-10-2-8-19(21)7-1-9-20-18(19)23/h3-6,11-12,22H,1-2,7-10,13H2,(H,20,23). The first-order valence-electron chi connectivity index (χ1n) is 8.42. The van der Waals surface area contributed by atoms with Crippen LogP contribution < -0.4 is 5.32 Å². The van der Waals surface area contributed by atoms with Crippen LogP contribution in [-0.2, 0) is 11.3 Å². The maximum absolute atomic E-state index is 12.5. The average Bonchev–Trinajstić information content (AvgIpc) is 2.94. The molecule has 0 aromatic heterocycles. The van der Waals surface area contributed by atoms with Gasteiger partial charge in [0.2, 0.25) is 5.91 Å². The van der Waals surface area contributed by atoms with E-state index >= 15 is 0 Å². The molecule has 2 saturated heterocycles. The van der Waals surface area contributed by atoms with Gasteiger partial charge in [0.25, 0.3) is 0 Å². The minimum atomic E-state index is -0.290. The molecule has 4 rings (SSSR count). The van der Waals surface area contributed by atoms with Crippen molar-refractivity contribution in [2.75, 3.05) is 13.1 Å². The highest BCUT2D eigenvalue weighted by atomic mass is 16.3. The summed E-state index contributed by atoms with van der Waals surface area (Å²) in [6.45, 7) is 2.61. The summed E-state index contributed by atoms with van der Waals surface area (Å²) in [5.41, 5.74) is 0.935. The first-order chi connectivity index (χ1) is 11.2. The molecule has 2 aliphatic rings. The zero-order valence-electron chi connectivity index (χ0n) is 13.2. The van der Waals surface area contributed by atoms with Crippen molar-refractivity contribution in [2.24, 2.45) is 0 Å². The molecule has 4 heteroatoms. The van der Waals surface area contributed by atoms with Gasteiger partial charge in [0.05, 0.1) is 0 Å². The fraction of sp³-hybridized carbons (Fsp3) is 0.421. The Bertz CT molecular complexity index is 758. The van der Waals surface area contributed by atoms with Crippen LogP contribution in [-0.4, -0.2) is 34.5 Å². The largest absolute Gasteiger partial charge is 0.508 e. The van der Waals surface area contributed by atoms with Crippen LogP contribution in [0.15, 0.2) is 36.4 Å². The number of nitrogens with zero attached hydrogens (tertiary/aromatic N) is 1. The number of hydrogen-bond acceptors (Lipinski definition) is 3. The summed E-state index contributed by atoms with van der Waals surface area (Å²) >= 11 is 0. The molecule has 4 nitrogen and oxygen atoms in total. The Morgan fingerprint density at radius 1 is 1.09 bits per heavy atom. The highest BCUT2D eigenvalue weighted by Gasteiger charge is 2.47. The number of rotatable bonds is 2. The van der Waals surface area contributed by atoms with E-state index in [0.717, 1.165) is 56.1 Å². The molecule has 1 atom stereocenters.